The van der Waals surface area contributed by atoms with Crippen LogP contribution in [0.4, 0.5) is 8.78 Å². The number of nitrogens with zero attached hydrogens (tertiary/aromatic N) is 1. The Morgan fingerprint density at radius 1 is 1.19 bits per heavy atom. The van der Waals surface area contributed by atoms with E-state index in [0.717, 1.165) is 18.7 Å². The van der Waals surface area contributed by atoms with Crippen LogP contribution < -0.4 is 10.1 Å². The summed E-state index contributed by atoms with van der Waals surface area (Å²) in [4.78, 5) is 1.85. The molecule has 0 spiro atoms. The Morgan fingerprint density at radius 3 is 2.38 bits per heavy atom. The molecule has 1 aliphatic rings. The Labute approximate surface area is 125 Å². The predicted octanol–water partition coefficient (Wildman–Crippen LogP) is 3.03. The second-order valence-corrected chi connectivity index (χ2v) is 5.72. The fourth-order valence-corrected chi connectivity index (χ4v) is 2.80. The number of rotatable bonds is 5. The lowest BCUT2D eigenvalue weighted by Crippen LogP contribution is -2.47. The van der Waals surface area contributed by atoms with Crippen LogP contribution in [0.5, 0.6) is 5.75 Å². The van der Waals surface area contributed by atoms with Crippen molar-refractivity contribution in [3.8, 4) is 5.75 Å². The summed E-state index contributed by atoms with van der Waals surface area (Å²) in [7, 11) is 1.54. The molecule has 1 N–H and O–H groups in total. The zero-order chi connectivity index (χ0) is 15.4. The molecule has 1 atom stereocenters. The molecule has 0 saturated carbocycles. The van der Waals surface area contributed by atoms with E-state index in [9.17, 15) is 8.78 Å². The Hall–Kier alpha value is -1.20. The van der Waals surface area contributed by atoms with Crippen LogP contribution in [-0.2, 0) is 0 Å². The minimum Gasteiger partial charge on any atom is -0.496 e. The van der Waals surface area contributed by atoms with Crippen LogP contribution in [0.3, 0.4) is 0 Å². The van der Waals surface area contributed by atoms with Crippen molar-refractivity contribution in [3.63, 3.8) is 0 Å². The van der Waals surface area contributed by atoms with Gasteiger partial charge in [-0.3, -0.25) is 4.90 Å². The molecule has 1 aromatic carbocycles. The highest BCUT2D eigenvalue weighted by atomic mass is 19.3. The maximum Gasteiger partial charge on any atom is 0.258 e. The highest BCUT2D eigenvalue weighted by Gasteiger charge is 2.32. The number of hydrogen-bond donors (Lipinski definition) is 1. The largest absolute Gasteiger partial charge is 0.496 e. The van der Waals surface area contributed by atoms with Crippen molar-refractivity contribution in [2.45, 2.75) is 32.2 Å². The van der Waals surface area contributed by atoms with E-state index in [-0.39, 0.29) is 0 Å². The number of benzene rings is 1. The molecule has 2 rings (SSSR count). The smallest absolute Gasteiger partial charge is 0.258 e. The summed E-state index contributed by atoms with van der Waals surface area (Å²) in [5.74, 6) is 0.847. The van der Waals surface area contributed by atoms with Gasteiger partial charge in [0.05, 0.1) is 7.11 Å². The average Bonchev–Trinajstić information content (AvgIpc) is 2.48. The van der Waals surface area contributed by atoms with Crippen molar-refractivity contribution < 1.29 is 13.5 Å². The van der Waals surface area contributed by atoms with E-state index in [1.165, 1.54) is 7.11 Å². The van der Waals surface area contributed by atoms with Gasteiger partial charge in [-0.2, -0.15) is 0 Å². The molecule has 5 heteroatoms. The van der Waals surface area contributed by atoms with Crippen LogP contribution in [0.2, 0.25) is 0 Å². The van der Waals surface area contributed by atoms with E-state index in [0.29, 0.717) is 30.3 Å². The molecule has 1 heterocycles. The molecule has 1 aromatic rings. The Balaban J connectivity index is 2.39. The molecule has 3 nitrogen and oxygen atoms in total. The van der Waals surface area contributed by atoms with E-state index < -0.39 is 12.5 Å². The molecule has 1 fully saturated rings. The maximum atomic E-state index is 13.7. The summed E-state index contributed by atoms with van der Waals surface area (Å²) in [6.45, 7) is 6.88. The zero-order valence-electron chi connectivity index (χ0n) is 12.9. The maximum absolute atomic E-state index is 13.7. The van der Waals surface area contributed by atoms with E-state index in [2.05, 4.69) is 19.2 Å². The van der Waals surface area contributed by atoms with Crippen molar-refractivity contribution in [3.05, 3.63) is 29.3 Å². The first-order valence-corrected chi connectivity index (χ1v) is 7.45. The van der Waals surface area contributed by atoms with Gasteiger partial charge in [0.15, 0.2) is 0 Å². The number of halogens is 2. The van der Waals surface area contributed by atoms with Gasteiger partial charge in [-0.05, 0) is 17.5 Å². The SMILES string of the molecule is COc1ccc(C(C)C)cc1[C@H](C(F)F)N1CCNCC1. The lowest BCUT2D eigenvalue weighted by molar-refractivity contribution is 0.0170. The van der Waals surface area contributed by atoms with Crippen molar-refractivity contribution >= 4 is 0 Å². The van der Waals surface area contributed by atoms with Gasteiger partial charge in [-0.15, -0.1) is 0 Å². The zero-order valence-corrected chi connectivity index (χ0v) is 12.9. The number of ether oxygens (including phenoxy) is 1. The Bertz CT molecular complexity index is 460. The summed E-state index contributed by atoms with van der Waals surface area (Å²) < 4.78 is 32.7. The summed E-state index contributed by atoms with van der Waals surface area (Å²) in [5, 5.41) is 3.20. The molecule has 1 aliphatic heterocycles. The van der Waals surface area contributed by atoms with Gasteiger partial charge in [-0.1, -0.05) is 26.0 Å². The highest BCUT2D eigenvalue weighted by Crippen LogP contribution is 2.36. The molecular weight excluding hydrogens is 274 g/mol. The van der Waals surface area contributed by atoms with Gasteiger partial charge >= 0.3 is 0 Å². The third kappa shape index (κ3) is 3.71. The molecule has 0 bridgehead atoms. The van der Waals surface area contributed by atoms with Gasteiger partial charge < -0.3 is 10.1 Å². The molecule has 21 heavy (non-hydrogen) atoms. The van der Waals surface area contributed by atoms with Crippen LogP contribution in [-0.4, -0.2) is 44.6 Å². The second kappa shape index (κ2) is 7.18. The lowest BCUT2D eigenvalue weighted by atomic mass is 9.96. The molecule has 0 aromatic heterocycles. The van der Waals surface area contributed by atoms with E-state index in [1.807, 2.05) is 23.1 Å². The van der Waals surface area contributed by atoms with Crippen LogP contribution >= 0.6 is 0 Å². The first-order valence-electron chi connectivity index (χ1n) is 7.45. The van der Waals surface area contributed by atoms with Gasteiger partial charge in [-0.25, -0.2) is 8.78 Å². The summed E-state index contributed by atoms with van der Waals surface area (Å²) in [6, 6.07) is 4.73. The average molecular weight is 298 g/mol. The van der Waals surface area contributed by atoms with E-state index >= 15 is 0 Å². The van der Waals surface area contributed by atoms with Gasteiger partial charge in [0.1, 0.15) is 11.8 Å². The fraction of sp³-hybridized carbons (Fsp3) is 0.625. The quantitative estimate of drug-likeness (QED) is 0.904. The van der Waals surface area contributed by atoms with Gasteiger partial charge in [0.25, 0.3) is 6.43 Å². The number of hydrogen-bond acceptors (Lipinski definition) is 3. The third-order valence-corrected chi connectivity index (χ3v) is 4.02. The second-order valence-electron chi connectivity index (χ2n) is 5.72. The highest BCUT2D eigenvalue weighted by molar-refractivity contribution is 5.41. The molecule has 0 amide bonds. The predicted molar refractivity (Wildman–Crippen MR) is 80.3 cm³/mol. The van der Waals surface area contributed by atoms with Crippen molar-refractivity contribution in [2.75, 3.05) is 33.3 Å². The van der Waals surface area contributed by atoms with Crippen molar-refractivity contribution in [2.24, 2.45) is 0 Å². The summed E-state index contributed by atoms with van der Waals surface area (Å²) >= 11 is 0. The van der Waals surface area contributed by atoms with Crippen LogP contribution in [0.1, 0.15) is 36.9 Å². The third-order valence-electron chi connectivity index (χ3n) is 4.02. The molecule has 118 valence electrons. The number of alkyl halides is 2. The summed E-state index contributed by atoms with van der Waals surface area (Å²) in [6.07, 6.45) is -2.43. The fourth-order valence-electron chi connectivity index (χ4n) is 2.80. The minimum atomic E-state index is -2.43. The van der Waals surface area contributed by atoms with E-state index in [4.69, 9.17) is 4.74 Å². The molecule has 0 aliphatic carbocycles. The Kier molecular flexibility index (Phi) is 5.53. The molecular formula is C16H24F2N2O. The normalized spacial score (nSPS) is 18.2. The lowest BCUT2D eigenvalue weighted by Gasteiger charge is -2.35. The first kappa shape index (κ1) is 16.2. The first-order chi connectivity index (χ1) is 10.0. The van der Waals surface area contributed by atoms with Crippen LogP contribution in [0.15, 0.2) is 18.2 Å². The van der Waals surface area contributed by atoms with Gasteiger partial charge in [0.2, 0.25) is 0 Å². The van der Waals surface area contributed by atoms with Crippen LogP contribution in [0.25, 0.3) is 0 Å². The molecule has 1 saturated heterocycles. The molecule has 0 radical (unpaired) electrons. The van der Waals surface area contributed by atoms with Crippen molar-refractivity contribution in [1.82, 2.24) is 10.2 Å². The molecule has 0 unspecified atom stereocenters. The van der Waals surface area contributed by atoms with Gasteiger partial charge in [0, 0.05) is 31.7 Å². The minimum absolute atomic E-state index is 0.302. The van der Waals surface area contributed by atoms with E-state index in [1.54, 1.807) is 0 Å². The summed E-state index contributed by atoms with van der Waals surface area (Å²) in [5.41, 5.74) is 1.66. The van der Waals surface area contributed by atoms with Crippen LogP contribution in [0, 0.1) is 0 Å². The standard InChI is InChI=1S/C16H24F2N2O/c1-11(2)12-4-5-14(21-3)13(10-12)15(16(17)18)20-8-6-19-7-9-20/h4-5,10-11,15-16,19H,6-9H2,1-3H3/t15-/m1/s1. The monoisotopic (exact) mass is 298 g/mol. The Morgan fingerprint density at radius 2 is 1.86 bits per heavy atom. The number of methoxy groups -OCH3 is 1. The number of nitrogens with one attached hydrogen (secondary N) is 1. The number of piperazine rings is 1. The topological polar surface area (TPSA) is 24.5 Å². The van der Waals surface area contributed by atoms with Crippen molar-refractivity contribution in [1.29, 1.82) is 0 Å².